The highest BCUT2D eigenvalue weighted by Crippen LogP contribution is 2.20. The van der Waals surface area contributed by atoms with Crippen LogP contribution in [0.15, 0.2) is 15.4 Å². The number of carbonyl (C=O) groups is 1. The topological polar surface area (TPSA) is 54.9 Å². The standard InChI is InChI=1S/C10H13Br2N3O/c1-3-6(2)4-8(16)15-10-9(12)14-7(11)5-13-10/h5-6H,3-4H2,1-2H3,(H,13,15,16). The number of hydrogen-bond acceptors (Lipinski definition) is 3. The third kappa shape index (κ3) is 4.17. The fourth-order valence-electron chi connectivity index (χ4n) is 1.07. The molecule has 1 atom stereocenters. The third-order valence-electron chi connectivity index (χ3n) is 2.19. The number of halogens is 2. The molecule has 1 unspecified atom stereocenters. The highest BCUT2D eigenvalue weighted by atomic mass is 79.9. The van der Waals surface area contributed by atoms with Crippen molar-refractivity contribution >= 4 is 43.6 Å². The molecule has 0 aliphatic carbocycles. The summed E-state index contributed by atoms with van der Waals surface area (Å²) in [6.45, 7) is 4.11. The molecule has 0 aliphatic rings. The Labute approximate surface area is 112 Å². The zero-order valence-corrected chi connectivity index (χ0v) is 12.3. The summed E-state index contributed by atoms with van der Waals surface area (Å²) in [4.78, 5) is 19.8. The molecule has 4 nitrogen and oxygen atoms in total. The van der Waals surface area contributed by atoms with E-state index in [2.05, 4.69) is 54.1 Å². The number of nitrogens with one attached hydrogen (secondary N) is 1. The predicted molar refractivity (Wildman–Crippen MR) is 70.1 cm³/mol. The average molecular weight is 351 g/mol. The summed E-state index contributed by atoms with van der Waals surface area (Å²) in [5.41, 5.74) is 0. The van der Waals surface area contributed by atoms with Gasteiger partial charge in [0.25, 0.3) is 0 Å². The van der Waals surface area contributed by atoms with Crippen LogP contribution < -0.4 is 5.32 Å². The van der Waals surface area contributed by atoms with Crippen molar-refractivity contribution in [3.8, 4) is 0 Å². The van der Waals surface area contributed by atoms with Crippen molar-refractivity contribution in [2.24, 2.45) is 5.92 Å². The van der Waals surface area contributed by atoms with Crippen molar-refractivity contribution in [1.29, 1.82) is 0 Å². The lowest BCUT2D eigenvalue weighted by atomic mass is 10.1. The normalized spacial score (nSPS) is 12.2. The molecule has 1 N–H and O–H groups in total. The van der Waals surface area contributed by atoms with E-state index in [1.807, 2.05) is 6.92 Å². The van der Waals surface area contributed by atoms with Crippen LogP contribution in [0.25, 0.3) is 0 Å². The molecule has 16 heavy (non-hydrogen) atoms. The predicted octanol–water partition coefficient (Wildman–Crippen LogP) is 3.38. The minimum Gasteiger partial charge on any atom is -0.308 e. The Bertz CT molecular complexity index is 384. The third-order valence-corrected chi connectivity index (χ3v) is 3.12. The molecule has 0 aromatic carbocycles. The summed E-state index contributed by atoms with van der Waals surface area (Å²) in [7, 11) is 0. The number of amides is 1. The van der Waals surface area contributed by atoms with E-state index >= 15 is 0 Å². The first-order chi connectivity index (χ1) is 7.52. The second kappa shape index (κ2) is 6.30. The van der Waals surface area contributed by atoms with Crippen molar-refractivity contribution in [1.82, 2.24) is 9.97 Å². The van der Waals surface area contributed by atoms with Crippen LogP contribution in [0.5, 0.6) is 0 Å². The van der Waals surface area contributed by atoms with Gasteiger partial charge in [-0.3, -0.25) is 4.79 Å². The van der Waals surface area contributed by atoms with E-state index in [0.29, 0.717) is 27.4 Å². The van der Waals surface area contributed by atoms with Gasteiger partial charge >= 0.3 is 0 Å². The van der Waals surface area contributed by atoms with Crippen LogP contribution in [0.3, 0.4) is 0 Å². The Kier molecular flexibility index (Phi) is 5.34. The van der Waals surface area contributed by atoms with Crippen molar-refractivity contribution in [2.45, 2.75) is 26.7 Å². The molecule has 1 amide bonds. The van der Waals surface area contributed by atoms with E-state index in [1.165, 1.54) is 0 Å². The minimum absolute atomic E-state index is 0.0355. The molecule has 0 saturated heterocycles. The van der Waals surface area contributed by atoms with Crippen LogP contribution in [-0.4, -0.2) is 15.9 Å². The first kappa shape index (κ1) is 13.6. The summed E-state index contributed by atoms with van der Waals surface area (Å²) in [5.74, 6) is 0.797. The molecule has 1 aromatic rings. The zero-order chi connectivity index (χ0) is 12.1. The van der Waals surface area contributed by atoms with Gasteiger partial charge in [0, 0.05) is 6.42 Å². The molecule has 6 heteroatoms. The smallest absolute Gasteiger partial charge is 0.225 e. The molecule has 0 fully saturated rings. The van der Waals surface area contributed by atoms with Crippen molar-refractivity contribution in [3.63, 3.8) is 0 Å². The second-order valence-corrected chi connectivity index (χ2v) is 5.16. The Morgan fingerprint density at radius 3 is 2.81 bits per heavy atom. The fourth-order valence-corrected chi connectivity index (χ4v) is 1.98. The molecule has 0 saturated carbocycles. The highest BCUT2D eigenvalue weighted by Gasteiger charge is 2.11. The van der Waals surface area contributed by atoms with E-state index < -0.39 is 0 Å². The maximum atomic E-state index is 11.6. The van der Waals surface area contributed by atoms with Gasteiger partial charge in [-0.1, -0.05) is 20.3 Å². The maximum Gasteiger partial charge on any atom is 0.225 e. The molecule has 0 bridgehead atoms. The van der Waals surface area contributed by atoms with Gasteiger partial charge in [-0.05, 0) is 37.8 Å². The van der Waals surface area contributed by atoms with Crippen LogP contribution in [-0.2, 0) is 4.79 Å². The zero-order valence-electron chi connectivity index (χ0n) is 9.13. The van der Waals surface area contributed by atoms with E-state index in [1.54, 1.807) is 6.20 Å². The lowest BCUT2D eigenvalue weighted by molar-refractivity contribution is -0.117. The Morgan fingerprint density at radius 1 is 1.56 bits per heavy atom. The highest BCUT2D eigenvalue weighted by molar-refractivity contribution is 9.11. The average Bonchev–Trinajstić information content (AvgIpc) is 2.22. The van der Waals surface area contributed by atoms with E-state index in [0.717, 1.165) is 6.42 Å². The van der Waals surface area contributed by atoms with Gasteiger partial charge in [0.1, 0.15) is 9.21 Å². The number of anilines is 1. The van der Waals surface area contributed by atoms with Gasteiger partial charge < -0.3 is 5.32 Å². The first-order valence-electron chi connectivity index (χ1n) is 5.00. The number of aromatic nitrogens is 2. The Morgan fingerprint density at radius 2 is 2.25 bits per heavy atom. The summed E-state index contributed by atoms with van der Waals surface area (Å²) < 4.78 is 1.15. The monoisotopic (exact) mass is 349 g/mol. The summed E-state index contributed by atoms with van der Waals surface area (Å²) in [6, 6.07) is 0. The van der Waals surface area contributed by atoms with Gasteiger partial charge in [0.05, 0.1) is 6.20 Å². The number of nitrogens with zero attached hydrogens (tertiary/aromatic N) is 2. The summed E-state index contributed by atoms with van der Waals surface area (Å²) in [5, 5.41) is 2.72. The molecule has 0 radical (unpaired) electrons. The van der Waals surface area contributed by atoms with Gasteiger partial charge in [0.15, 0.2) is 5.82 Å². The summed E-state index contributed by atoms with van der Waals surface area (Å²) in [6.07, 6.45) is 3.03. The number of carbonyl (C=O) groups excluding carboxylic acids is 1. The van der Waals surface area contributed by atoms with Gasteiger partial charge in [-0.25, -0.2) is 9.97 Å². The molecule has 0 aliphatic heterocycles. The Balaban J connectivity index is 2.63. The SMILES string of the molecule is CCC(C)CC(=O)Nc1ncc(Br)nc1Br. The van der Waals surface area contributed by atoms with Crippen LogP contribution in [0.4, 0.5) is 5.82 Å². The molecule has 1 rings (SSSR count). The van der Waals surface area contributed by atoms with Crippen LogP contribution in [0.2, 0.25) is 0 Å². The molecule has 0 spiro atoms. The molecule has 88 valence electrons. The molecular weight excluding hydrogens is 338 g/mol. The van der Waals surface area contributed by atoms with E-state index in [9.17, 15) is 4.79 Å². The van der Waals surface area contributed by atoms with Gasteiger partial charge in [-0.15, -0.1) is 0 Å². The maximum absolute atomic E-state index is 11.6. The van der Waals surface area contributed by atoms with E-state index in [-0.39, 0.29) is 5.91 Å². The fraction of sp³-hybridized carbons (Fsp3) is 0.500. The number of hydrogen-bond donors (Lipinski definition) is 1. The largest absolute Gasteiger partial charge is 0.308 e. The van der Waals surface area contributed by atoms with Gasteiger partial charge in [0.2, 0.25) is 5.91 Å². The molecular formula is C10H13Br2N3O. The van der Waals surface area contributed by atoms with Crippen molar-refractivity contribution in [2.75, 3.05) is 5.32 Å². The van der Waals surface area contributed by atoms with Crippen LogP contribution in [0.1, 0.15) is 26.7 Å². The van der Waals surface area contributed by atoms with Gasteiger partial charge in [-0.2, -0.15) is 0 Å². The van der Waals surface area contributed by atoms with Crippen LogP contribution >= 0.6 is 31.9 Å². The summed E-state index contributed by atoms with van der Waals surface area (Å²) >= 11 is 6.44. The Hall–Kier alpha value is -0.490. The minimum atomic E-state index is -0.0355. The molecule has 1 aromatic heterocycles. The van der Waals surface area contributed by atoms with Crippen LogP contribution in [0, 0.1) is 5.92 Å². The van der Waals surface area contributed by atoms with Crippen molar-refractivity contribution in [3.05, 3.63) is 15.4 Å². The first-order valence-corrected chi connectivity index (χ1v) is 6.59. The number of rotatable bonds is 4. The second-order valence-electron chi connectivity index (χ2n) is 3.60. The lowest BCUT2D eigenvalue weighted by Crippen LogP contribution is -2.16. The molecule has 1 heterocycles. The lowest BCUT2D eigenvalue weighted by Gasteiger charge is -2.09. The van der Waals surface area contributed by atoms with Crippen molar-refractivity contribution < 1.29 is 4.79 Å². The van der Waals surface area contributed by atoms with E-state index in [4.69, 9.17) is 0 Å². The quantitative estimate of drug-likeness (QED) is 0.905.